The number of hydrogen-bond donors (Lipinski definition) is 1. The average Bonchev–Trinajstić information content (AvgIpc) is 3.12. The summed E-state index contributed by atoms with van der Waals surface area (Å²) in [6, 6.07) is 5.71. The molecule has 1 fully saturated rings. The summed E-state index contributed by atoms with van der Waals surface area (Å²) in [6.45, 7) is 4.26. The van der Waals surface area contributed by atoms with Gasteiger partial charge in [0.05, 0.1) is 14.2 Å². The molecular formula is C16H26N2O2. The molecule has 4 heteroatoms. The highest BCUT2D eigenvalue weighted by molar-refractivity contribution is 5.42. The van der Waals surface area contributed by atoms with E-state index in [9.17, 15) is 0 Å². The summed E-state index contributed by atoms with van der Waals surface area (Å²) in [5, 5.41) is 0. The van der Waals surface area contributed by atoms with E-state index in [2.05, 4.69) is 18.9 Å². The Labute approximate surface area is 121 Å². The Bertz CT molecular complexity index is 450. The molecule has 1 saturated carbocycles. The SMILES string of the molecule is COc1ccc(OC)c(C(N)CN(C)CC2CC2C)c1. The van der Waals surface area contributed by atoms with Gasteiger partial charge in [-0.05, 0) is 43.5 Å². The molecule has 1 aliphatic carbocycles. The standard InChI is InChI=1S/C16H26N2O2/c1-11-7-12(11)9-18(2)10-15(17)14-8-13(19-3)5-6-16(14)20-4/h5-6,8,11-12,15H,7,9-10,17H2,1-4H3. The van der Waals surface area contributed by atoms with Crippen LogP contribution in [0.1, 0.15) is 24.9 Å². The van der Waals surface area contributed by atoms with Crippen molar-refractivity contribution in [1.29, 1.82) is 0 Å². The third-order valence-electron chi connectivity index (χ3n) is 4.17. The molecule has 1 aromatic rings. The van der Waals surface area contributed by atoms with Crippen LogP contribution < -0.4 is 15.2 Å². The van der Waals surface area contributed by atoms with E-state index >= 15 is 0 Å². The lowest BCUT2D eigenvalue weighted by Gasteiger charge is -2.23. The summed E-state index contributed by atoms with van der Waals surface area (Å²) in [4.78, 5) is 2.32. The van der Waals surface area contributed by atoms with Crippen LogP contribution >= 0.6 is 0 Å². The number of nitrogens with zero attached hydrogens (tertiary/aromatic N) is 1. The van der Waals surface area contributed by atoms with Crippen molar-refractivity contribution in [3.8, 4) is 11.5 Å². The minimum atomic E-state index is -0.0703. The van der Waals surface area contributed by atoms with E-state index < -0.39 is 0 Å². The molecule has 20 heavy (non-hydrogen) atoms. The maximum atomic E-state index is 6.35. The predicted molar refractivity (Wildman–Crippen MR) is 81.2 cm³/mol. The molecule has 0 amide bonds. The van der Waals surface area contributed by atoms with Crippen LogP contribution in [0.5, 0.6) is 11.5 Å². The molecule has 2 N–H and O–H groups in total. The smallest absolute Gasteiger partial charge is 0.123 e. The Hall–Kier alpha value is -1.26. The molecule has 3 atom stereocenters. The summed E-state index contributed by atoms with van der Waals surface area (Å²) in [5.41, 5.74) is 7.35. The highest BCUT2D eigenvalue weighted by Gasteiger charge is 2.33. The molecule has 0 bridgehead atoms. The normalized spacial score (nSPS) is 22.7. The molecule has 3 unspecified atom stereocenters. The zero-order valence-corrected chi connectivity index (χ0v) is 12.9. The molecule has 4 nitrogen and oxygen atoms in total. The van der Waals surface area contributed by atoms with Crippen LogP contribution in [-0.4, -0.2) is 39.3 Å². The first-order chi connectivity index (χ1) is 9.55. The lowest BCUT2D eigenvalue weighted by atomic mass is 10.1. The van der Waals surface area contributed by atoms with E-state index in [1.807, 2.05) is 18.2 Å². The van der Waals surface area contributed by atoms with Gasteiger partial charge in [-0.2, -0.15) is 0 Å². The molecule has 1 aromatic carbocycles. The number of hydrogen-bond acceptors (Lipinski definition) is 4. The Morgan fingerprint density at radius 3 is 2.60 bits per heavy atom. The van der Waals surface area contributed by atoms with Gasteiger partial charge in [-0.15, -0.1) is 0 Å². The van der Waals surface area contributed by atoms with E-state index in [-0.39, 0.29) is 6.04 Å². The third-order valence-corrected chi connectivity index (χ3v) is 4.17. The van der Waals surface area contributed by atoms with Crippen molar-refractivity contribution in [1.82, 2.24) is 4.90 Å². The van der Waals surface area contributed by atoms with Crippen LogP contribution in [0.3, 0.4) is 0 Å². The first-order valence-corrected chi connectivity index (χ1v) is 7.21. The molecule has 2 rings (SSSR count). The Morgan fingerprint density at radius 1 is 1.35 bits per heavy atom. The Kier molecular flexibility index (Phi) is 4.89. The summed E-state index contributed by atoms with van der Waals surface area (Å²) in [6.07, 6.45) is 1.35. The third kappa shape index (κ3) is 3.64. The van der Waals surface area contributed by atoms with Gasteiger partial charge in [0.2, 0.25) is 0 Å². The largest absolute Gasteiger partial charge is 0.497 e. The van der Waals surface area contributed by atoms with Gasteiger partial charge in [0, 0.05) is 24.7 Å². The minimum absolute atomic E-state index is 0.0703. The summed E-state index contributed by atoms with van der Waals surface area (Å²) < 4.78 is 10.7. The van der Waals surface area contributed by atoms with Crippen molar-refractivity contribution in [3.05, 3.63) is 23.8 Å². The highest BCUT2D eigenvalue weighted by atomic mass is 16.5. The second-order valence-electron chi connectivity index (χ2n) is 5.91. The molecule has 0 heterocycles. The number of methoxy groups -OCH3 is 2. The average molecular weight is 278 g/mol. The van der Waals surface area contributed by atoms with Crippen LogP contribution in [0.4, 0.5) is 0 Å². The molecule has 0 radical (unpaired) electrons. The van der Waals surface area contributed by atoms with Gasteiger partial charge in [-0.1, -0.05) is 6.92 Å². The van der Waals surface area contributed by atoms with Crippen molar-refractivity contribution >= 4 is 0 Å². The van der Waals surface area contributed by atoms with Crippen LogP contribution in [0, 0.1) is 11.8 Å². The zero-order chi connectivity index (χ0) is 14.7. The van der Waals surface area contributed by atoms with Gasteiger partial charge in [0.25, 0.3) is 0 Å². The summed E-state index contributed by atoms with van der Waals surface area (Å²) in [7, 11) is 5.48. The van der Waals surface area contributed by atoms with Gasteiger partial charge in [0.1, 0.15) is 11.5 Å². The molecule has 1 aliphatic rings. The minimum Gasteiger partial charge on any atom is -0.497 e. The van der Waals surface area contributed by atoms with Gasteiger partial charge in [-0.3, -0.25) is 0 Å². The van der Waals surface area contributed by atoms with E-state index in [1.165, 1.54) is 6.42 Å². The zero-order valence-electron chi connectivity index (χ0n) is 12.9. The lowest BCUT2D eigenvalue weighted by molar-refractivity contribution is 0.292. The molecule has 0 saturated heterocycles. The van der Waals surface area contributed by atoms with Crippen LogP contribution in [-0.2, 0) is 0 Å². The van der Waals surface area contributed by atoms with E-state index in [1.54, 1.807) is 14.2 Å². The number of benzene rings is 1. The first kappa shape index (κ1) is 15.1. The van der Waals surface area contributed by atoms with Crippen molar-refractivity contribution in [2.45, 2.75) is 19.4 Å². The predicted octanol–water partition coefficient (Wildman–Crippen LogP) is 2.29. The molecular weight excluding hydrogens is 252 g/mol. The number of likely N-dealkylation sites (N-methyl/N-ethyl adjacent to an activating group) is 1. The van der Waals surface area contributed by atoms with Gasteiger partial charge < -0.3 is 20.1 Å². The summed E-state index contributed by atoms with van der Waals surface area (Å²) in [5.74, 6) is 3.36. The Morgan fingerprint density at radius 2 is 2.05 bits per heavy atom. The lowest BCUT2D eigenvalue weighted by Crippen LogP contribution is -2.31. The Balaban J connectivity index is 2.01. The maximum Gasteiger partial charge on any atom is 0.123 e. The molecule has 0 aromatic heterocycles. The van der Waals surface area contributed by atoms with Crippen molar-refractivity contribution < 1.29 is 9.47 Å². The second-order valence-corrected chi connectivity index (χ2v) is 5.91. The summed E-state index contributed by atoms with van der Waals surface area (Å²) >= 11 is 0. The van der Waals surface area contributed by atoms with Crippen LogP contribution in [0.25, 0.3) is 0 Å². The van der Waals surface area contributed by atoms with E-state index in [0.29, 0.717) is 0 Å². The molecule has 0 spiro atoms. The highest BCUT2D eigenvalue weighted by Crippen LogP contribution is 2.38. The fourth-order valence-electron chi connectivity index (χ4n) is 2.69. The van der Waals surface area contributed by atoms with Crippen LogP contribution in [0.15, 0.2) is 18.2 Å². The second kappa shape index (κ2) is 6.46. The molecule has 0 aliphatic heterocycles. The number of ether oxygens (including phenoxy) is 2. The number of rotatable bonds is 7. The van der Waals surface area contributed by atoms with E-state index in [0.717, 1.165) is 42.0 Å². The van der Waals surface area contributed by atoms with Crippen molar-refractivity contribution in [2.75, 3.05) is 34.4 Å². The van der Waals surface area contributed by atoms with Gasteiger partial charge in [-0.25, -0.2) is 0 Å². The first-order valence-electron chi connectivity index (χ1n) is 7.21. The van der Waals surface area contributed by atoms with Gasteiger partial charge in [0.15, 0.2) is 0 Å². The quantitative estimate of drug-likeness (QED) is 0.831. The maximum absolute atomic E-state index is 6.35. The van der Waals surface area contributed by atoms with Crippen molar-refractivity contribution in [2.24, 2.45) is 17.6 Å². The van der Waals surface area contributed by atoms with Crippen LogP contribution in [0.2, 0.25) is 0 Å². The van der Waals surface area contributed by atoms with E-state index in [4.69, 9.17) is 15.2 Å². The van der Waals surface area contributed by atoms with Crippen molar-refractivity contribution in [3.63, 3.8) is 0 Å². The van der Waals surface area contributed by atoms with Gasteiger partial charge >= 0.3 is 0 Å². The fourth-order valence-corrected chi connectivity index (χ4v) is 2.69. The number of nitrogens with two attached hydrogens (primary N) is 1. The monoisotopic (exact) mass is 278 g/mol. The molecule has 112 valence electrons. The fraction of sp³-hybridized carbons (Fsp3) is 0.625. The topological polar surface area (TPSA) is 47.7 Å².